The van der Waals surface area contributed by atoms with E-state index >= 15 is 0 Å². The predicted molar refractivity (Wildman–Crippen MR) is 116 cm³/mol. The summed E-state index contributed by atoms with van der Waals surface area (Å²) in [7, 11) is 0. The van der Waals surface area contributed by atoms with Gasteiger partial charge in [-0.2, -0.15) is 0 Å². The van der Waals surface area contributed by atoms with E-state index in [9.17, 15) is 18.0 Å². The lowest BCUT2D eigenvalue weighted by Gasteiger charge is -2.40. The highest BCUT2D eigenvalue weighted by atomic mass is 32.2. The van der Waals surface area contributed by atoms with Crippen molar-refractivity contribution in [2.45, 2.75) is 24.6 Å². The number of anilines is 1. The highest BCUT2D eigenvalue weighted by Crippen LogP contribution is 2.45. The number of aromatic nitrogens is 2. The normalized spacial score (nSPS) is 22.6. The van der Waals surface area contributed by atoms with Gasteiger partial charge in [0.25, 0.3) is 5.91 Å². The second-order valence-electron chi connectivity index (χ2n) is 7.13. The lowest BCUT2D eigenvalue weighted by molar-refractivity contribution is 0.102. The van der Waals surface area contributed by atoms with Crippen LogP contribution in [0.25, 0.3) is 0 Å². The Hall–Kier alpha value is -3.26. The molecule has 2 heterocycles. The quantitative estimate of drug-likeness (QED) is 0.638. The van der Waals surface area contributed by atoms with Gasteiger partial charge in [0.1, 0.15) is 17.9 Å². The van der Waals surface area contributed by atoms with Crippen LogP contribution in [0.4, 0.5) is 18.9 Å². The fourth-order valence-corrected chi connectivity index (χ4v) is 4.36. The number of alkyl halides is 1. The molecule has 1 aromatic carbocycles. The van der Waals surface area contributed by atoms with Crippen LogP contribution in [0.5, 0.6) is 5.88 Å². The number of amides is 1. The first kappa shape index (κ1) is 23.4. The number of carbonyl (C=O) groups excluding carboxylic acids is 1. The molecule has 168 valence electrons. The van der Waals surface area contributed by atoms with Gasteiger partial charge < -0.3 is 15.8 Å². The van der Waals surface area contributed by atoms with E-state index in [1.807, 2.05) is 0 Å². The molecule has 7 nitrogen and oxygen atoms in total. The summed E-state index contributed by atoms with van der Waals surface area (Å²) in [6, 6.07) is 1.95. The van der Waals surface area contributed by atoms with Crippen molar-refractivity contribution in [1.82, 2.24) is 9.97 Å². The lowest BCUT2D eigenvalue weighted by Crippen LogP contribution is -2.45. The maximum absolute atomic E-state index is 14.8. The average molecular weight is 463 g/mol. The van der Waals surface area contributed by atoms with Crippen LogP contribution in [0.15, 0.2) is 29.5 Å². The minimum atomic E-state index is -1.73. The van der Waals surface area contributed by atoms with Gasteiger partial charge in [-0.15, -0.1) is 6.42 Å². The molecule has 0 radical (unpaired) electrons. The van der Waals surface area contributed by atoms with Gasteiger partial charge in [0.15, 0.2) is 23.4 Å². The lowest BCUT2D eigenvalue weighted by atomic mass is 9.78. The predicted octanol–water partition coefficient (Wildman–Crippen LogP) is 3.27. The fourth-order valence-electron chi connectivity index (χ4n) is 3.33. The number of carbonyl (C=O) groups is 1. The van der Waals surface area contributed by atoms with E-state index in [2.05, 4.69) is 26.2 Å². The van der Waals surface area contributed by atoms with Crippen LogP contribution in [0.2, 0.25) is 0 Å². The van der Waals surface area contributed by atoms with E-state index in [0.717, 1.165) is 18.3 Å². The Bertz CT molecular complexity index is 1090. The smallest absolute Gasteiger partial charge is 0.275 e. The zero-order valence-electron chi connectivity index (χ0n) is 17.2. The van der Waals surface area contributed by atoms with E-state index in [1.54, 1.807) is 13.8 Å². The van der Waals surface area contributed by atoms with E-state index < -0.39 is 35.7 Å². The first-order valence-electron chi connectivity index (χ1n) is 9.49. The summed E-state index contributed by atoms with van der Waals surface area (Å²) < 4.78 is 48.7. The topological polar surface area (TPSA) is 102 Å². The SMILES string of the molecule is C#CCOc1cnc(C(=O)Nc2cc(F)c(F)c([C@@]3(CF)N=C(N)SC(C)[C@H]3C)c2)cn1. The molecule has 0 fully saturated rings. The summed E-state index contributed by atoms with van der Waals surface area (Å²) in [5.41, 5.74) is 3.56. The number of nitrogens with two attached hydrogens (primary N) is 1. The highest BCUT2D eigenvalue weighted by Gasteiger charge is 2.46. The monoisotopic (exact) mass is 463 g/mol. The summed E-state index contributed by atoms with van der Waals surface area (Å²) in [6.45, 7) is 2.38. The van der Waals surface area contributed by atoms with Crippen molar-refractivity contribution in [2.75, 3.05) is 18.6 Å². The number of hydrogen-bond donors (Lipinski definition) is 2. The number of halogens is 3. The van der Waals surface area contributed by atoms with Gasteiger partial charge in [-0.1, -0.05) is 31.5 Å². The molecule has 0 bridgehead atoms. The summed E-state index contributed by atoms with van der Waals surface area (Å²) in [5, 5.41) is 2.29. The fraction of sp³-hybridized carbons (Fsp3) is 0.333. The molecule has 1 unspecified atom stereocenters. The van der Waals surface area contributed by atoms with Crippen LogP contribution < -0.4 is 15.8 Å². The molecular formula is C21H20F3N5O2S. The van der Waals surface area contributed by atoms with Gasteiger partial charge in [-0.3, -0.25) is 4.79 Å². The molecule has 3 atom stereocenters. The van der Waals surface area contributed by atoms with Crippen molar-refractivity contribution >= 4 is 28.5 Å². The Kier molecular flexibility index (Phi) is 6.93. The third-order valence-corrected chi connectivity index (χ3v) is 6.31. The summed E-state index contributed by atoms with van der Waals surface area (Å²) >= 11 is 1.23. The molecular weight excluding hydrogens is 443 g/mol. The Labute approximate surface area is 187 Å². The van der Waals surface area contributed by atoms with Crippen molar-refractivity contribution in [3.05, 3.63) is 47.4 Å². The van der Waals surface area contributed by atoms with Crippen LogP contribution in [0.1, 0.15) is 29.9 Å². The molecule has 11 heteroatoms. The first-order chi connectivity index (χ1) is 15.2. The van der Waals surface area contributed by atoms with Crippen LogP contribution in [-0.2, 0) is 5.54 Å². The van der Waals surface area contributed by atoms with Crippen molar-refractivity contribution < 1.29 is 22.7 Å². The Morgan fingerprint density at radius 1 is 1.34 bits per heavy atom. The van der Waals surface area contributed by atoms with Crippen LogP contribution in [0.3, 0.4) is 0 Å². The van der Waals surface area contributed by atoms with E-state index in [0.29, 0.717) is 0 Å². The van der Waals surface area contributed by atoms with E-state index in [4.69, 9.17) is 16.9 Å². The van der Waals surface area contributed by atoms with Crippen LogP contribution >= 0.6 is 11.8 Å². The molecule has 32 heavy (non-hydrogen) atoms. The van der Waals surface area contributed by atoms with Gasteiger partial charge in [0.2, 0.25) is 5.88 Å². The zero-order valence-corrected chi connectivity index (χ0v) is 18.0. The molecule has 1 aromatic heterocycles. The number of aliphatic imine (C=N–C) groups is 1. The maximum Gasteiger partial charge on any atom is 0.275 e. The highest BCUT2D eigenvalue weighted by molar-refractivity contribution is 8.14. The molecule has 0 aliphatic carbocycles. The number of amidine groups is 1. The summed E-state index contributed by atoms with van der Waals surface area (Å²) in [4.78, 5) is 24.5. The van der Waals surface area contributed by atoms with Gasteiger partial charge >= 0.3 is 0 Å². The first-order valence-corrected chi connectivity index (χ1v) is 10.4. The molecule has 0 saturated heterocycles. The summed E-state index contributed by atoms with van der Waals surface area (Å²) in [5.74, 6) is -1.38. The number of nitrogens with one attached hydrogen (secondary N) is 1. The van der Waals surface area contributed by atoms with Crippen LogP contribution in [0, 0.1) is 29.9 Å². The molecule has 1 amide bonds. The third kappa shape index (κ3) is 4.50. The minimum Gasteiger partial charge on any atom is -0.463 e. The molecule has 1 aliphatic rings. The second-order valence-corrected chi connectivity index (χ2v) is 8.52. The van der Waals surface area contributed by atoms with Gasteiger partial charge in [-0.05, 0) is 6.07 Å². The molecule has 3 rings (SSSR count). The Balaban J connectivity index is 1.94. The van der Waals surface area contributed by atoms with Crippen molar-refractivity contribution in [3.8, 4) is 18.2 Å². The summed E-state index contributed by atoms with van der Waals surface area (Å²) in [6.07, 6.45) is 7.42. The maximum atomic E-state index is 14.8. The van der Waals surface area contributed by atoms with E-state index in [1.165, 1.54) is 18.0 Å². The van der Waals surface area contributed by atoms with E-state index in [-0.39, 0.29) is 39.8 Å². The standard InChI is InChI=1S/C21H20F3N5O2S/c1-4-5-31-17-9-26-16(8-27-17)19(30)28-13-6-14(18(24)15(23)7-13)21(10-22)11(2)12(3)32-20(25)29-21/h1,6-9,11-12H,5,10H2,2-3H3,(H2,25,29)(H,28,30)/t11-,12?,21+/m1/s1. The third-order valence-electron chi connectivity index (χ3n) is 5.19. The van der Waals surface area contributed by atoms with Crippen molar-refractivity contribution in [1.29, 1.82) is 0 Å². The number of thioether (sulfide) groups is 1. The molecule has 0 spiro atoms. The molecule has 2 aromatic rings. The Morgan fingerprint density at radius 3 is 2.72 bits per heavy atom. The second kappa shape index (κ2) is 9.48. The number of benzene rings is 1. The average Bonchev–Trinajstić information content (AvgIpc) is 2.77. The van der Waals surface area contributed by atoms with Crippen LogP contribution in [-0.4, -0.2) is 39.6 Å². The minimum absolute atomic E-state index is 0.0171. The van der Waals surface area contributed by atoms with Crippen molar-refractivity contribution in [2.24, 2.45) is 16.6 Å². The number of ether oxygens (including phenoxy) is 1. The van der Waals surface area contributed by atoms with Crippen molar-refractivity contribution in [3.63, 3.8) is 0 Å². The van der Waals surface area contributed by atoms with Gasteiger partial charge in [0, 0.05) is 28.5 Å². The zero-order chi connectivity index (χ0) is 23.5. The number of hydrogen-bond acceptors (Lipinski definition) is 7. The number of nitrogens with zero attached hydrogens (tertiary/aromatic N) is 3. The number of terminal acetylenes is 1. The Morgan fingerprint density at radius 2 is 2.09 bits per heavy atom. The molecule has 3 N–H and O–H groups in total. The molecule has 0 saturated carbocycles. The van der Waals surface area contributed by atoms with Gasteiger partial charge in [0.05, 0.1) is 12.4 Å². The number of rotatable bonds is 6. The largest absolute Gasteiger partial charge is 0.463 e. The van der Waals surface area contributed by atoms with Gasteiger partial charge in [-0.25, -0.2) is 28.1 Å². The molecule has 1 aliphatic heterocycles.